The average molecular weight is 542 g/mol. The molecule has 3 aromatic carbocycles. The van der Waals surface area contributed by atoms with Crippen LogP contribution in [0.15, 0.2) is 71.6 Å². The second-order valence-electron chi connectivity index (χ2n) is 9.05. The number of halogens is 1. The van der Waals surface area contributed by atoms with Crippen molar-refractivity contribution in [2.75, 3.05) is 43.1 Å². The molecule has 0 saturated carbocycles. The standard InChI is InChI=1S/C28H32FN3O5S/c1-20(21-10-12-22(13-11-21)31-16-6-7-17-31)30-28(33)19-32(25-9-5-4-8-24(25)29)38(34,35)23-14-15-26(36-2)27(18-23)37-3/h4-5,8-15,18,20H,6-7,16-17,19H2,1-3H3,(H,30,33). The minimum atomic E-state index is -4.35. The van der Waals surface area contributed by atoms with Crippen molar-refractivity contribution in [2.45, 2.75) is 30.7 Å². The van der Waals surface area contributed by atoms with E-state index in [1.54, 1.807) is 0 Å². The third kappa shape index (κ3) is 5.85. The van der Waals surface area contributed by atoms with Crippen molar-refractivity contribution in [2.24, 2.45) is 0 Å². The van der Waals surface area contributed by atoms with Gasteiger partial charge in [-0.3, -0.25) is 9.10 Å². The molecule has 0 spiro atoms. The topological polar surface area (TPSA) is 88.2 Å². The van der Waals surface area contributed by atoms with E-state index in [2.05, 4.69) is 10.2 Å². The number of para-hydroxylation sites is 1. The van der Waals surface area contributed by atoms with E-state index in [-0.39, 0.29) is 22.4 Å². The summed E-state index contributed by atoms with van der Waals surface area (Å²) in [6.07, 6.45) is 2.36. The SMILES string of the molecule is COc1ccc(S(=O)(=O)N(CC(=O)NC(C)c2ccc(N3CCCC3)cc2)c2ccccc2F)cc1OC. The van der Waals surface area contributed by atoms with Gasteiger partial charge in [-0.2, -0.15) is 0 Å². The van der Waals surface area contributed by atoms with E-state index in [4.69, 9.17) is 9.47 Å². The summed E-state index contributed by atoms with van der Waals surface area (Å²) in [5.74, 6) is -0.813. The maximum Gasteiger partial charge on any atom is 0.265 e. The molecule has 1 unspecified atom stereocenters. The second kappa shape index (κ2) is 11.7. The molecule has 0 radical (unpaired) electrons. The number of hydrogen-bond acceptors (Lipinski definition) is 6. The van der Waals surface area contributed by atoms with E-state index in [0.29, 0.717) is 5.75 Å². The average Bonchev–Trinajstić information content (AvgIpc) is 3.47. The maximum absolute atomic E-state index is 14.8. The minimum absolute atomic E-state index is 0.170. The predicted octanol–water partition coefficient (Wildman–Crippen LogP) is 4.52. The van der Waals surface area contributed by atoms with E-state index < -0.39 is 28.3 Å². The van der Waals surface area contributed by atoms with E-state index in [1.165, 1.54) is 63.5 Å². The number of sulfonamides is 1. The largest absolute Gasteiger partial charge is 0.493 e. The number of ether oxygens (including phenoxy) is 2. The summed E-state index contributed by atoms with van der Waals surface area (Å²) in [7, 11) is -1.54. The van der Waals surface area contributed by atoms with Crippen molar-refractivity contribution in [1.82, 2.24) is 5.32 Å². The van der Waals surface area contributed by atoms with Crippen LogP contribution < -0.4 is 24.0 Å². The Bertz CT molecular complexity index is 1380. The Kier molecular flexibility index (Phi) is 8.41. The third-order valence-corrected chi connectivity index (χ3v) is 8.35. The highest BCUT2D eigenvalue weighted by Gasteiger charge is 2.30. The maximum atomic E-state index is 14.8. The van der Waals surface area contributed by atoms with Gasteiger partial charge >= 0.3 is 0 Å². The second-order valence-corrected chi connectivity index (χ2v) is 10.9. The number of methoxy groups -OCH3 is 2. The summed E-state index contributed by atoms with van der Waals surface area (Å²) in [5, 5.41) is 2.84. The molecule has 1 aliphatic heterocycles. The highest BCUT2D eigenvalue weighted by Crippen LogP contribution is 2.33. The number of nitrogens with one attached hydrogen (secondary N) is 1. The first kappa shape index (κ1) is 27.3. The fourth-order valence-electron chi connectivity index (χ4n) is 4.51. The number of nitrogens with zero attached hydrogens (tertiary/aromatic N) is 2. The summed E-state index contributed by atoms with van der Waals surface area (Å²) in [5.41, 5.74) is 1.78. The molecule has 1 heterocycles. The van der Waals surface area contributed by atoms with Crippen molar-refractivity contribution in [3.05, 3.63) is 78.1 Å². The lowest BCUT2D eigenvalue weighted by molar-refractivity contribution is -0.120. The molecule has 0 aliphatic carbocycles. The molecule has 1 saturated heterocycles. The molecule has 3 aromatic rings. The first-order valence-corrected chi connectivity index (χ1v) is 13.8. The van der Waals surface area contributed by atoms with E-state index in [1.807, 2.05) is 31.2 Å². The lowest BCUT2D eigenvalue weighted by Crippen LogP contribution is -2.42. The number of benzene rings is 3. The zero-order valence-corrected chi connectivity index (χ0v) is 22.5. The zero-order chi connectivity index (χ0) is 27.3. The number of amides is 1. The number of rotatable bonds is 10. The normalized spacial score (nSPS) is 14.2. The summed E-state index contributed by atoms with van der Waals surface area (Å²) < 4.78 is 53.4. The molecule has 1 amide bonds. The van der Waals surface area contributed by atoms with Crippen LogP contribution in [0.3, 0.4) is 0 Å². The third-order valence-electron chi connectivity index (χ3n) is 6.59. The van der Waals surface area contributed by atoms with E-state index in [9.17, 15) is 17.6 Å². The molecular weight excluding hydrogens is 509 g/mol. The van der Waals surface area contributed by atoms with Crippen LogP contribution in [-0.2, 0) is 14.8 Å². The molecule has 38 heavy (non-hydrogen) atoms. The van der Waals surface area contributed by atoms with Crippen LogP contribution in [0.4, 0.5) is 15.8 Å². The molecule has 8 nitrogen and oxygen atoms in total. The first-order chi connectivity index (χ1) is 18.2. The number of hydrogen-bond donors (Lipinski definition) is 1. The highest BCUT2D eigenvalue weighted by atomic mass is 32.2. The molecular formula is C28H32FN3O5S. The van der Waals surface area contributed by atoms with Gasteiger partial charge in [-0.25, -0.2) is 12.8 Å². The highest BCUT2D eigenvalue weighted by molar-refractivity contribution is 7.92. The predicted molar refractivity (Wildman–Crippen MR) is 145 cm³/mol. The quantitative estimate of drug-likeness (QED) is 0.406. The molecule has 1 atom stereocenters. The van der Waals surface area contributed by atoms with E-state index >= 15 is 0 Å². The zero-order valence-electron chi connectivity index (χ0n) is 21.7. The van der Waals surface area contributed by atoms with Crippen molar-refractivity contribution in [3.63, 3.8) is 0 Å². The monoisotopic (exact) mass is 541 g/mol. The molecule has 0 bridgehead atoms. The summed E-state index contributed by atoms with van der Waals surface area (Å²) in [4.78, 5) is 15.3. The molecule has 10 heteroatoms. The van der Waals surface area contributed by atoms with Crippen LogP contribution in [0.25, 0.3) is 0 Å². The Morgan fingerprint density at radius 1 is 1.00 bits per heavy atom. The van der Waals surface area contributed by atoms with Gasteiger partial charge in [0.05, 0.1) is 30.8 Å². The van der Waals surface area contributed by atoms with Gasteiger partial charge in [-0.05, 0) is 61.7 Å². The number of anilines is 2. The molecule has 202 valence electrons. The van der Waals surface area contributed by atoms with Gasteiger partial charge in [0.1, 0.15) is 12.4 Å². The Hall–Kier alpha value is -3.79. The molecule has 1 aliphatic rings. The van der Waals surface area contributed by atoms with Crippen LogP contribution in [0, 0.1) is 5.82 Å². The summed E-state index contributed by atoms with van der Waals surface area (Å²) >= 11 is 0. The Labute approximate surface area is 223 Å². The van der Waals surface area contributed by atoms with Crippen molar-refractivity contribution < 1.29 is 27.1 Å². The molecule has 1 N–H and O–H groups in total. The first-order valence-electron chi connectivity index (χ1n) is 12.4. The lowest BCUT2D eigenvalue weighted by Gasteiger charge is -2.26. The lowest BCUT2D eigenvalue weighted by atomic mass is 10.1. The van der Waals surface area contributed by atoms with Crippen molar-refractivity contribution >= 4 is 27.3 Å². The van der Waals surface area contributed by atoms with Gasteiger partial charge < -0.3 is 19.7 Å². The summed E-state index contributed by atoms with van der Waals surface area (Å²) in [6, 6.07) is 17.1. The van der Waals surface area contributed by atoms with Gasteiger partial charge in [0, 0.05) is 24.8 Å². The smallest absolute Gasteiger partial charge is 0.265 e. The summed E-state index contributed by atoms with van der Waals surface area (Å²) in [6.45, 7) is 3.27. The van der Waals surface area contributed by atoms with Crippen LogP contribution in [0.2, 0.25) is 0 Å². The number of carbonyl (C=O) groups excluding carboxylic acids is 1. The number of carbonyl (C=O) groups is 1. The van der Waals surface area contributed by atoms with Gasteiger partial charge in [0.15, 0.2) is 11.5 Å². The van der Waals surface area contributed by atoms with Gasteiger partial charge in [0.2, 0.25) is 5.91 Å². The van der Waals surface area contributed by atoms with Crippen molar-refractivity contribution in [3.8, 4) is 11.5 Å². The molecule has 1 fully saturated rings. The van der Waals surface area contributed by atoms with E-state index in [0.717, 1.165) is 34.7 Å². The van der Waals surface area contributed by atoms with Crippen LogP contribution in [0.5, 0.6) is 11.5 Å². The fraction of sp³-hybridized carbons (Fsp3) is 0.321. The molecule has 0 aromatic heterocycles. The Morgan fingerprint density at radius 2 is 1.66 bits per heavy atom. The van der Waals surface area contributed by atoms with Gasteiger partial charge in [-0.1, -0.05) is 24.3 Å². The molecule has 4 rings (SSSR count). The minimum Gasteiger partial charge on any atom is -0.493 e. The van der Waals surface area contributed by atoms with Crippen LogP contribution in [0.1, 0.15) is 31.4 Å². The Balaban J connectivity index is 1.57. The van der Waals surface area contributed by atoms with Crippen molar-refractivity contribution in [1.29, 1.82) is 0 Å². The van der Waals surface area contributed by atoms with Crippen LogP contribution in [-0.4, -0.2) is 48.2 Å². The fourth-order valence-corrected chi connectivity index (χ4v) is 5.95. The van der Waals surface area contributed by atoms with Gasteiger partial charge in [-0.15, -0.1) is 0 Å². The van der Waals surface area contributed by atoms with Crippen LogP contribution >= 0.6 is 0 Å². The van der Waals surface area contributed by atoms with Gasteiger partial charge in [0.25, 0.3) is 10.0 Å². The Morgan fingerprint density at radius 3 is 2.29 bits per heavy atom.